The molecule has 3 N–H and O–H groups in total. The van der Waals surface area contributed by atoms with Gasteiger partial charge in [0.15, 0.2) is 0 Å². The molecule has 2 aromatic carbocycles. The molecule has 20 heavy (non-hydrogen) atoms. The van der Waals surface area contributed by atoms with E-state index >= 15 is 0 Å². The fourth-order valence-corrected chi connectivity index (χ4v) is 2.23. The number of nitrogens with two attached hydrogens (primary N) is 1. The van der Waals surface area contributed by atoms with E-state index in [2.05, 4.69) is 23.6 Å². The van der Waals surface area contributed by atoms with Crippen LogP contribution in [0.2, 0.25) is 0 Å². The van der Waals surface area contributed by atoms with E-state index in [1.165, 1.54) is 5.56 Å². The standard InChI is InChI=1S/C16H15N3O/c17-11-16(20)18-19-9-8-14-10-13(6-7-15(14)19)12-4-2-1-3-5-12/h1-10H,11,17H2,(H,18,20). The smallest absolute Gasteiger partial charge is 0.252 e. The summed E-state index contributed by atoms with van der Waals surface area (Å²) < 4.78 is 1.69. The first-order chi connectivity index (χ1) is 9.78. The predicted octanol–water partition coefficient (Wildman–Crippen LogP) is 2.34. The molecule has 0 unspecified atom stereocenters. The average Bonchev–Trinajstić information content (AvgIpc) is 2.90. The van der Waals surface area contributed by atoms with Crippen molar-refractivity contribution in [3.63, 3.8) is 0 Å². The third-order valence-electron chi connectivity index (χ3n) is 3.23. The van der Waals surface area contributed by atoms with E-state index in [-0.39, 0.29) is 12.5 Å². The van der Waals surface area contributed by atoms with Crippen LogP contribution in [0.25, 0.3) is 22.0 Å². The van der Waals surface area contributed by atoms with Gasteiger partial charge in [0.25, 0.3) is 5.91 Å². The second-order valence-corrected chi connectivity index (χ2v) is 4.56. The summed E-state index contributed by atoms with van der Waals surface area (Å²) in [6.45, 7) is -0.0260. The maximum Gasteiger partial charge on any atom is 0.252 e. The number of fused-ring (bicyclic) bond motifs is 1. The molecule has 1 heterocycles. The molecule has 0 aliphatic carbocycles. The van der Waals surface area contributed by atoms with Crippen LogP contribution in [0.3, 0.4) is 0 Å². The van der Waals surface area contributed by atoms with Gasteiger partial charge in [-0.25, -0.2) is 0 Å². The molecule has 0 aliphatic heterocycles. The number of hydrogen-bond donors (Lipinski definition) is 2. The number of carbonyl (C=O) groups excluding carboxylic acids is 1. The Labute approximate surface area is 116 Å². The lowest BCUT2D eigenvalue weighted by Crippen LogP contribution is -2.28. The Hall–Kier alpha value is -2.59. The molecule has 0 saturated heterocycles. The van der Waals surface area contributed by atoms with Crippen molar-refractivity contribution in [2.24, 2.45) is 5.73 Å². The van der Waals surface area contributed by atoms with Crippen molar-refractivity contribution in [1.29, 1.82) is 0 Å². The number of rotatable bonds is 3. The molecule has 0 saturated carbocycles. The molecule has 0 spiro atoms. The molecule has 3 aromatic rings. The Bertz CT molecular complexity index is 747. The average molecular weight is 265 g/mol. The quantitative estimate of drug-likeness (QED) is 0.763. The van der Waals surface area contributed by atoms with Gasteiger partial charge in [0, 0.05) is 11.6 Å². The van der Waals surface area contributed by atoms with Crippen LogP contribution in [0.5, 0.6) is 0 Å². The van der Waals surface area contributed by atoms with Crippen LogP contribution in [0.1, 0.15) is 0 Å². The van der Waals surface area contributed by atoms with E-state index in [4.69, 9.17) is 5.73 Å². The van der Waals surface area contributed by atoms with E-state index in [1.54, 1.807) is 4.68 Å². The fourth-order valence-electron chi connectivity index (χ4n) is 2.23. The first kappa shape index (κ1) is 12.4. The van der Waals surface area contributed by atoms with Gasteiger partial charge in [-0.3, -0.25) is 14.9 Å². The topological polar surface area (TPSA) is 60.1 Å². The van der Waals surface area contributed by atoms with Crippen LogP contribution < -0.4 is 11.2 Å². The Morgan fingerprint density at radius 2 is 1.85 bits per heavy atom. The van der Waals surface area contributed by atoms with E-state index in [0.717, 1.165) is 16.5 Å². The normalized spacial score (nSPS) is 10.7. The van der Waals surface area contributed by atoms with Crippen LogP contribution in [0.4, 0.5) is 0 Å². The number of nitrogens with one attached hydrogen (secondary N) is 1. The summed E-state index contributed by atoms with van der Waals surface area (Å²) in [5.41, 5.74) is 11.3. The summed E-state index contributed by atoms with van der Waals surface area (Å²) in [4.78, 5) is 11.4. The lowest BCUT2D eigenvalue weighted by atomic mass is 10.0. The van der Waals surface area contributed by atoms with E-state index in [1.807, 2.05) is 42.6 Å². The molecular formula is C16H15N3O. The van der Waals surface area contributed by atoms with Crippen molar-refractivity contribution in [2.45, 2.75) is 0 Å². The summed E-state index contributed by atoms with van der Waals surface area (Å²) in [6, 6.07) is 18.3. The van der Waals surface area contributed by atoms with Gasteiger partial charge in [0.2, 0.25) is 0 Å². The van der Waals surface area contributed by atoms with Gasteiger partial charge >= 0.3 is 0 Å². The summed E-state index contributed by atoms with van der Waals surface area (Å²) in [7, 11) is 0. The van der Waals surface area contributed by atoms with Crippen LogP contribution in [-0.2, 0) is 4.79 Å². The maximum atomic E-state index is 11.4. The molecular weight excluding hydrogens is 250 g/mol. The lowest BCUT2D eigenvalue weighted by Gasteiger charge is -2.07. The van der Waals surface area contributed by atoms with Crippen molar-refractivity contribution in [3.05, 3.63) is 60.8 Å². The van der Waals surface area contributed by atoms with Crippen molar-refractivity contribution in [3.8, 4) is 11.1 Å². The zero-order valence-corrected chi connectivity index (χ0v) is 10.9. The molecule has 0 fully saturated rings. The SMILES string of the molecule is NCC(=O)Nn1ccc2cc(-c3ccccc3)ccc21. The van der Waals surface area contributed by atoms with Gasteiger partial charge in [-0.1, -0.05) is 36.4 Å². The molecule has 3 rings (SSSR count). The Morgan fingerprint density at radius 1 is 1.05 bits per heavy atom. The third-order valence-corrected chi connectivity index (χ3v) is 3.23. The molecule has 4 nitrogen and oxygen atoms in total. The van der Waals surface area contributed by atoms with Crippen LogP contribution in [-0.4, -0.2) is 17.1 Å². The Morgan fingerprint density at radius 3 is 2.60 bits per heavy atom. The minimum Gasteiger partial charge on any atom is -0.322 e. The van der Waals surface area contributed by atoms with E-state index in [0.29, 0.717) is 0 Å². The molecule has 0 radical (unpaired) electrons. The second-order valence-electron chi connectivity index (χ2n) is 4.56. The fraction of sp³-hybridized carbons (Fsp3) is 0.0625. The molecule has 100 valence electrons. The second kappa shape index (κ2) is 5.19. The number of amides is 1. The number of benzene rings is 2. The molecule has 4 heteroatoms. The Balaban J connectivity index is 2.00. The molecule has 0 aliphatic rings. The van der Waals surface area contributed by atoms with Crippen LogP contribution >= 0.6 is 0 Å². The highest BCUT2D eigenvalue weighted by atomic mass is 16.2. The number of hydrogen-bond acceptors (Lipinski definition) is 2. The van der Waals surface area contributed by atoms with Crippen molar-refractivity contribution in [2.75, 3.05) is 12.0 Å². The van der Waals surface area contributed by atoms with Gasteiger partial charge in [0.05, 0.1) is 12.1 Å². The van der Waals surface area contributed by atoms with E-state index < -0.39 is 0 Å². The number of nitrogens with zero attached hydrogens (tertiary/aromatic N) is 1. The zero-order valence-electron chi connectivity index (χ0n) is 10.9. The monoisotopic (exact) mass is 265 g/mol. The van der Waals surface area contributed by atoms with Crippen molar-refractivity contribution in [1.82, 2.24) is 4.68 Å². The van der Waals surface area contributed by atoms with Gasteiger partial charge in [0.1, 0.15) is 0 Å². The van der Waals surface area contributed by atoms with Gasteiger partial charge < -0.3 is 5.73 Å². The molecule has 0 bridgehead atoms. The van der Waals surface area contributed by atoms with Gasteiger partial charge in [-0.15, -0.1) is 0 Å². The summed E-state index contributed by atoms with van der Waals surface area (Å²) in [6.07, 6.45) is 1.83. The highest BCUT2D eigenvalue weighted by Gasteiger charge is 2.05. The van der Waals surface area contributed by atoms with Crippen molar-refractivity contribution < 1.29 is 4.79 Å². The van der Waals surface area contributed by atoms with Crippen LogP contribution in [0, 0.1) is 0 Å². The first-order valence-electron chi connectivity index (χ1n) is 6.44. The van der Waals surface area contributed by atoms with Gasteiger partial charge in [-0.05, 0) is 29.3 Å². The Kier molecular flexibility index (Phi) is 3.23. The highest BCUT2D eigenvalue weighted by molar-refractivity contribution is 5.90. The highest BCUT2D eigenvalue weighted by Crippen LogP contribution is 2.24. The lowest BCUT2D eigenvalue weighted by molar-refractivity contribution is -0.115. The third kappa shape index (κ3) is 2.29. The minimum atomic E-state index is -0.213. The van der Waals surface area contributed by atoms with Crippen molar-refractivity contribution >= 4 is 16.8 Å². The predicted molar refractivity (Wildman–Crippen MR) is 80.8 cm³/mol. The minimum absolute atomic E-state index is 0.0260. The van der Waals surface area contributed by atoms with Gasteiger partial charge in [-0.2, -0.15) is 0 Å². The first-order valence-corrected chi connectivity index (χ1v) is 6.44. The summed E-state index contributed by atoms with van der Waals surface area (Å²) >= 11 is 0. The number of aromatic nitrogens is 1. The molecule has 1 aromatic heterocycles. The number of carbonyl (C=O) groups is 1. The maximum absolute atomic E-state index is 11.4. The molecule has 1 amide bonds. The summed E-state index contributed by atoms with van der Waals surface area (Å²) in [5.74, 6) is -0.213. The van der Waals surface area contributed by atoms with E-state index in [9.17, 15) is 4.79 Å². The largest absolute Gasteiger partial charge is 0.322 e. The zero-order chi connectivity index (χ0) is 13.9. The summed E-state index contributed by atoms with van der Waals surface area (Å²) in [5, 5.41) is 1.07. The molecule has 0 atom stereocenters. The van der Waals surface area contributed by atoms with Crippen LogP contribution in [0.15, 0.2) is 60.8 Å².